The van der Waals surface area contributed by atoms with Crippen molar-refractivity contribution in [3.8, 4) is 6.07 Å². The topological polar surface area (TPSA) is 66.1 Å². The van der Waals surface area contributed by atoms with Gasteiger partial charge in [-0.3, -0.25) is 0 Å². The zero-order valence-corrected chi connectivity index (χ0v) is 75.5. The number of fused-ring (bicyclic) bond motifs is 12. The van der Waals surface area contributed by atoms with Gasteiger partial charge in [-0.1, -0.05) is 228 Å². The van der Waals surface area contributed by atoms with E-state index in [1.165, 1.54) is 16.7 Å². The maximum Gasteiger partial charge on any atom is 0.252 e. The number of anilines is 26. The number of hydrogen-bond acceptors (Lipinski definition) is 10. The summed E-state index contributed by atoms with van der Waals surface area (Å²) < 4.78 is 0. The second-order valence-corrected chi connectivity index (χ2v) is 36.5. The minimum absolute atomic E-state index is 0.403. The highest BCUT2D eigenvalue weighted by Gasteiger charge is 2.52. The number of nitrogens with one attached hydrogen (secondary N) is 1. The Morgan fingerprint density at radius 1 is 0.256 bits per heavy atom. The molecule has 6 heterocycles. The van der Waals surface area contributed by atoms with Crippen molar-refractivity contribution in [2.75, 3.05) is 44.5 Å². The van der Waals surface area contributed by atoms with Crippen LogP contribution in [0.1, 0.15) is 55.6 Å². The van der Waals surface area contributed by atoms with E-state index in [0.29, 0.717) is 11.3 Å². The molecule has 6 aliphatic heterocycles. The summed E-state index contributed by atoms with van der Waals surface area (Å²) in [6, 6.07) is 141. The van der Waals surface area contributed by atoms with Crippen molar-refractivity contribution in [2.24, 2.45) is 0 Å². The van der Waals surface area contributed by atoms with Gasteiger partial charge in [-0.25, -0.2) is 4.85 Å². The Labute approximate surface area is 778 Å². The minimum Gasteiger partial charge on any atom is -0.356 e. The summed E-state index contributed by atoms with van der Waals surface area (Å²) >= 11 is 0. The lowest BCUT2D eigenvalue weighted by molar-refractivity contribution is 1.17. The first-order valence-corrected chi connectivity index (χ1v) is 45.9. The second kappa shape index (κ2) is 31.3. The first-order valence-electron chi connectivity index (χ1n) is 45.9. The summed E-state index contributed by atoms with van der Waals surface area (Å²) in [4.78, 5) is 24.4. The van der Waals surface area contributed by atoms with Crippen LogP contribution in [-0.2, 0) is 0 Å². The van der Waals surface area contributed by atoms with Crippen LogP contribution in [0.2, 0.25) is 0 Å². The lowest BCUT2D eigenvalue weighted by atomic mass is 9.29. The van der Waals surface area contributed by atoms with Gasteiger partial charge in [0.05, 0.1) is 52.3 Å². The van der Waals surface area contributed by atoms with Gasteiger partial charge in [-0.05, 0) is 309 Å². The van der Waals surface area contributed by atoms with Gasteiger partial charge < -0.3 is 44.5 Å². The van der Waals surface area contributed by atoms with Gasteiger partial charge in [-0.2, -0.15) is 5.26 Å². The van der Waals surface area contributed by atoms with Crippen LogP contribution in [0.15, 0.2) is 376 Å². The summed E-state index contributed by atoms with van der Waals surface area (Å²) in [5.74, 6) is 0. The Hall–Kier alpha value is -16.7. The molecule has 11 nitrogen and oxygen atoms in total. The molecule has 0 radical (unpaired) electrons. The van der Waals surface area contributed by atoms with Crippen molar-refractivity contribution >= 4 is 223 Å². The van der Waals surface area contributed by atoms with Gasteiger partial charge in [0.1, 0.15) is 0 Å². The van der Waals surface area contributed by atoms with Crippen LogP contribution in [0.3, 0.4) is 0 Å². The molecule has 24 rings (SSSR count). The van der Waals surface area contributed by atoms with Gasteiger partial charge >= 0.3 is 0 Å². The zero-order valence-electron chi connectivity index (χ0n) is 75.5. The number of aryl methyl sites for hydroxylation is 9. The standard InChI is InChI=1S/C119H90B3N11/c1-74-55-77(4)117(78(5)56-74)131-106-71-102-96(120-98-62-84(124-10)52-54-105(98)129(91-47-31-17-32-48-91)109-64-93(63-103(125-102)114(109)120)126(85-35-19-11-20-36-85)86-37-21-12-22-38-86)69-99(106)122-101-70-100-107(72-108(101)133(119-81(8)59-76(3)60-82(119)9)113-68-95(67-112(131)116(113)122)128(89-43-27-15-28-44-89)90-45-29-16-30-46-90)132(118-79(6)57-75(2)58-80(118)7)111-66-94(127(87-39-23-13-24-40-87)88-41-25-14-26-42-88)65-110-115(111)121(100)97-61-83(73-123)51-53-104(97)130(110)92-49-33-18-34-50-92/h11-72,125H,1-9H3. The highest BCUT2D eigenvalue weighted by molar-refractivity contribution is 7.04. The van der Waals surface area contributed by atoms with Crippen molar-refractivity contribution in [3.05, 3.63) is 443 Å². The Morgan fingerprint density at radius 2 is 0.549 bits per heavy atom. The predicted octanol–water partition coefficient (Wildman–Crippen LogP) is 25.8. The molecule has 0 amide bonds. The third kappa shape index (κ3) is 12.7. The molecule has 0 saturated carbocycles. The number of rotatable bonds is 14. The molecule has 0 fully saturated rings. The molecule has 630 valence electrons. The molecule has 0 bridgehead atoms. The first kappa shape index (κ1) is 79.7. The van der Waals surface area contributed by atoms with E-state index in [1.807, 2.05) is 12.1 Å². The summed E-state index contributed by atoms with van der Waals surface area (Å²) in [5.41, 5.74) is 48.1. The Kier molecular flexibility index (Phi) is 18.8. The van der Waals surface area contributed by atoms with Crippen LogP contribution in [0.4, 0.5) is 154 Å². The fourth-order valence-corrected chi connectivity index (χ4v) is 23.2. The first-order chi connectivity index (χ1) is 65.1. The van der Waals surface area contributed by atoms with Crippen LogP contribution in [0.25, 0.3) is 4.85 Å². The van der Waals surface area contributed by atoms with E-state index in [9.17, 15) is 5.26 Å². The smallest absolute Gasteiger partial charge is 0.252 e. The average Bonchev–Trinajstić information content (AvgIpc) is 0.673. The van der Waals surface area contributed by atoms with E-state index in [4.69, 9.17) is 6.57 Å². The Bertz CT molecular complexity index is 7740. The molecule has 0 spiro atoms. The van der Waals surface area contributed by atoms with Crippen molar-refractivity contribution in [2.45, 2.75) is 62.3 Å². The van der Waals surface area contributed by atoms with Crippen LogP contribution in [0, 0.1) is 80.2 Å². The van der Waals surface area contributed by atoms with Crippen molar-refractivity contribution in [3.63, 3.8) is 0 Å². The minimum atomic E-state index is -0.489. The van der Waals surface area contributed by atoms with Gasteiger partial charge in [-0.15, -0.1) is 0 Å². The maximum atomic E-state index is 11.6. The number of hydrogen-bond donors (Lipinski definition) is 1. The lowest BCUT2D eigenvalue weighted by Gasteiger charge is -2.49. The molecule has 0 aliphatic carbocycles. The van der Waals surface area contributed by atoms with Crippen LogP contribution < -0.4 is 93.7 Å². The number of benzene rings is 18. The molecule has 0 saturated heterocycles. The maximum absolute atomic E-state index is 11.6. The van der Waals surface area contributed by atoms with Crippen LogP contribution in [0.5, 0.6) is 0 Å². The van der Waals surface area contributed by atoms with E-state index < -0.39 is 20.1 Å². The van der Waals surface area contributed by atoms with E-state index in [1.54, 1.807) is 0 Å². The molecular weight excluding hydrogens is 1620 g/mol. The van der Waals surface area contributed by atoms with Gasteiger partial charge in [0.2, 0.25) is 6.71 Å². The van der Waals surface area contributed by atoms with Crippen LogP contribution >= 0.6 is 0 Å². The van der Waals surface area contributed by atoms with Crippen molar-refractivity contribution in [1.29, 1.82) is 5.26 Å². The van der Waals surface area contributed by atoms with Crippen molar-refractivity contribution < 1.29 is 0 Å². The Morgan fingerprint density at radius 3 is 0.902 bits per heavy atom. The van der Waals surface area contributed by atoms with E-state index in [-0.39, 0.29) is 0 Å². The monoisotopic (exact) mass is 1710 g/mol. The van der Waals surface area contributed by atoms with E-state index in [2.05, 4.69) is 482 Å². The highest BCUT2D eigenvalue weighted by atomic mass is 15.2. The number of nitrogens with zero attached hydrogens (tertiary/aromatic N) is 10. The van der Waals surface area contributed by atoms with Gasteiger partial charge in [0, 0.05) is 114 Å². The fourth-order valence-electron chi connectivity index (χ4n) is 23.2. The third-order valence-corrected chi connectivity index (χ3v) is 27.9. The third-order valence-electron chi connectivity index (χ3n) is 27.9. The largest absolute Gasteiger partial charge is 0.356 e. The molecule has 0 unspecified atom stereocenters. The number of para-hydroxylation sites is 8. The lowest BCUT2D eigenvalue weighted by Crippen LogP contribution is -2.66. The SMILES string of the molecule is [C-]#[N+]c1ccc2c(c1)B1c3cc4c(cc3Nc3cc(N(c5ccccc5)c5ccccc5)cc(c31)N2c1ccccc1)N(c1c(C)cc(C)cc1C)c1cc(N(c2ccccc2)c2ccccc2)cc2c1B4c1cc3c(cc1N2c1c(C)cc(C)cc1C)N(c1c(C)cc(C)cc1C)c1cc(N(c2ccccc2)c2ccccc2)cc2c1B3c1cc(C#N)ccc1N2c1ccccc1. The molecule has 133 heavy (non-hydrogen) atoms. The average molecular weight is 1710 g/mol. The molecule has 0 atom stereocenters. The fraction of sp³-hybridized carbons (Fsp3) is 0.0756. The molecular formula is C119H90B3N11. The van der Waals surface area contributed by atoms with Gasteiger partial charge in [0.15, 0.2) is 5.69 Å². The normalized spacial score (nSPS) is 12.9. The zero-order chi connectivity index (χ0) is 89.9. The Balaban J connectivity index is 0.863. The summed E-state index contributed by atoms with van der Waals surface area (Å²) in [7, 11) is 0. The van der Waals surface area contributed by atoms with Crippen LogP contribution in [-0.4, -0.2) is 20.1 Å². The van der Waals surface area contributed by atoms with E-state index >= 15 is 0 Å². The molecule has 14 heteroatoms. The number of nitriles is 1. The van der Waals surface area contributed by atoms with Gasteiger partial charge in [0.25, 0.3) is 13.4 Å². The molecule has 18 aromatic rings. The molecule has 18 aromatic carbocycles. The van der Waals surface area contributed by atoms with E-state index in [0.717, 1.165) is 230 Å². The summed E-state index contributed by atoms with van der Waals surface area (Å²) in [6.07, 6.45) is 0. The summed E-state index contributed by atoms with van der Waals surface area (Å²) in [5, 5.41) is 15.9. The molecule has 6 aliphatic rings. The summed E-state index contributed by atoms with van der Waals surface area (Å²) in [6.45, 7) is 28.1. The van der Waals surface area contributed by atoms with Crippen molar-refractivity contribution in [1.82, 2.24) is 0 Å². The second-order valence-electron chi connectivity index (χ2n) is 36.5. The predicted molar refractivity (Wildman–Crippen MR) is 561 cm³/mol. The molecule has 1 N–H and O–H groups in total. The molecule has 0 aromatic heterocycles. The quantitative estimate of drug-likeness (QED) is 0.0841. The highest BCUT2D eigenvalue weighted by Crippen LogP contribution is 2.56.